The summed E-state index contributed by atoms with van der Waals surface area (Å²) in [4.78, 5) is 29.0. The summed E-state index contributed by atoms with van der Waals surface area (Å²) < 4.78 is 48.4. The average Bonchev–Trinajstić information content (AvgIpc) is 3.67. The molecule has 0 radical (unpaired) electrons. The van der Waals surface area contributed by atoms with Gasteiger partial charge in [-0.1, -0.05) is 13.0 Å². The molecule has 1 unspecified atom stereocenters. The number of halogens is 1. The summed E-state index contributed by atoms with van der Waals surface area (Å²) in [6, 6.07) is 2.85. The lowest BCUT2D eigenvalue weighted by atomic mass is 9.86. The summed E-state index contributed by atoms with van der Waals surface area (Å²) in [6.07, 6.45) is 7.18. The van der Waals surface area contributed by atoms with E-state index in [9.17, 15) is 13.2 Å². The minimum absolute atomic E-state index is 0.0407. The van der Waals surface area contributed by atoms with E-state index < -0.39 is 32.9 Å². The number of nitrogens with two attached hydrogens (primary N) is 1. The maximum absolute atomic E-state index is 15.8. The van der Waals surface area contributed by atoms with E-state index in [0.29, 0.717) is 42.8 Å². The molecule has 3 N–H and O–H groups in total. The van der Waals surface area contributed by atoms with Crippen molar-refractivity contribution in [2.45, 2.75) is 44.3 Å². The number of rotatable bonds is 10. The molecule has 1 aliphatic carbocycles. The van der Waals surface area contributed by atoms with Crippen LogP contribution in [0.5, 0.6) is 5.88 Å². The van der Waals surface area contributed by atoms with Gasteiger partial charge >= 0.3 is 0 Å². The van der Waals surface area contributed by atoms with E-state index in [1.807, 2.05) is 6.92 Å². The minimum Gasteiger partial charge on any atom is -0.477 e. The van der Waals surface area contributed by atoms with Crippen LogP contribution >= 0.6 is 0 Å². The van der Waals surface area contributed by atoms with E-state index in [4.69, 9.17) is 10.5 Å². The quantitative estimate of drug-likeness (QED) is 0.431. The molecule has 1 aromatic carbocycles. The van der Waals surface area contributed by atoms with Gasteiger partial charge in [-0.05, 0) is 32.3 Å². The molecular weight excluding hydrogens is 475 g/mol. The third-order valence-electron chi connectivity index (χ3n) is 5.60. The highest BCUT2D eigenvalue weighted by Gasteiger charge is 2.36. The summed E-state index contributed by atoms with van der Waals surface area (Å²) in [5.74, 6) is -2.12. The molecule has 12 heteroatoms. The van der Waals surface area contributed by atoms with Gasteiger partial charge in [-0.3, -0.25) is 19.5 Å². The Morgan fingerprint density at radius 2 is 1.91 bits per heavy atom. The number of sulfonamides is 1. The zero-order valence-electron chi connectivity index (χ0n) is 19.2. The summed E-state index contributed by atoms with van der Waals surface area (Å²) in [7, 11) is -3.56. The number of hydrogen-bond donors (Lipinski definition) is 2. The number of aromatic nitrogens is 4. The van der Waals surface area contributed by atoms with Crippen LogP contribution < -0.4 is 15.2 Å². The molecule has 184 valence electrons. The van der Waals surface area contributed by atoms with Gasteiger partial charge in [0.1, 0.15) is 5.82 Å². The zero-order chi connectivity index (χ0) is 25.2. The Morgan fingerprint density at radius 1 is 1.17 bits per heavy atom. The molecule has 0 spiro atoms. The number of nitrogens with zero attached hydrogens (tertiary/aromatic N) is 4. The van der Waals surface area contributed by atoms with Crippen LogP contribution in [0.4, 0.5) is 10.2 Å². The van der Waals surface area contributed by atoms with Gasteiger partial charge in [-0.25, -0.2) is 22.8 Å². The SMILES string of the molecule is CCOc1cncc(-c2ccc(C(N)=O)c(F)c2C(CC)c2cncc(NS(=O)(=O)C3CC3)n2)n1. The number of carbonyl (C=O) groups is 1. The zero-order valence-corrected chi connectivity index (χ0v) is 20.0. The molecule has 35 heavy (non-hydrogen) atoms. The molecule has 0 aliphatic heterocycles. The lowest BCUT2D eigenvalue weighted by Crippen LogP contribution is -2.20. The topological polar surface area (TPSA) is 150 Å². The van der Waals surface area contributed by atoms with E-state index in [1.54, 1.807) is 13.0 Å². The van der Waals surface area contributed by atoms with Crippen molar-refractivity contribution in [3.8, 4) is 17.1 Å². The first kappa shape index (κ1) is 24.5. The van der Waals surface area contributed by atoms with E-state index in [-0.39, 0.29) is 22.8 Å². The maximum atomic E-state index is 15.8. The van der Waals surface area contributed by atoms with Crippen LogP contribution in [0, 0.1) is 5.82 Å². The van der Waals surface area contributed by atoms with Gasteiger partial charge < -0.3 is 10.5 Å². The van der Waals surface area contributed by atoms with Crippen LogP contribution in [0.3, 0.4) is 0 Å². The third kappa shape index (κ3) is 5.21. The first-order valence-corrected chi connectivity index (χ1v) is 12.7. The molecule has 2 aromatic heterocycles. The third-order valence-corrected chi connectivity index (χ3v) is 7.45. The van der Waals surface area contributed by atoms with Crippen LogP contribution in [0.2, 0.25) is 0 Å². The van der Waals surface area contributed by atoms with E-state index in [0.717, 1.165) is 0 Å². The van der Waals surface area contributed by atoms with Gasteiger partial charge in [0.05, 0.1) is 47.4 Å². The van der Waals surface area contributed by atoms with Gasteiger partial charge in [0, 0.05) is 23.2 Å². The summed E-state index contributed by atoms with van der Waals surface area (Å²) in [6.45, 7) is 3.99. The van der Waals surface area contributed by atoms with Gasteiger partial charge in [0.2, 0.25) is 15.9 Å². The first-order valence-electron chi connectivity index (χ1n) is 11.2. The second-order valence-corrected chi connectivity index (χ2v) is 10.0. The number of carbonyl (C=O) groups excluding carboxylic acids is 1. The van der Waals surface area contributed by atoms with Gasteiger partial charge in [-0.2, -0.15) is 0 Å². The van der Waals surface area contributed by atoms with Crippen LogP contribution in [-0.2, 0) is 10.0 Å². The van der Waals surface area contributed by atoms with Gasteiger partial charge in [0.15, 0.2) is 5.82 Å². The Kier molecular flexibility index (Phi) is 6.92. The largest absolute Gasteiger partial charge is 0.477 e. The fraction of sp³-hybridized carbons (Fsp3) is 0.348. The highest BCUT2D eigenvalue weighted by Crippen LogP contribution is 2.38. The number of nitrogens with one attached hydrogen (secondary N) is 1. The van der Waals surface area contributed by atoms with Crippen molar-refractivity contribution in [1.29, 1.82) is 0 Å². The molecule has 10 nitrogen and oxygen atoms in total. The van der Waals surface area contributed by atoms with Crippen molar-refractivity contribution < 1.29 is 22.3 Å². The number of ether oxygens (including phenoxy) is 1. The Morgan fingerprint density at radius 3 is 2.57 bits per heavy atom. The predicted molar refractivity (Wildman–Crippen MR) is 127 cm³/mol. The summed E-state index contributed by atoms with van der Waals surface area (Å²) in [5.41, 5.74) is 6.28. The number of primary amides is 1. The molecule has 1 aliphatic rings. The maximum Gasteiger partial charge on any atom is 0.251 e. The molecule has 2 heterocycles. The number of hydrogen-bond acceptors (Lipinski definition) is 8. The van der Waals surface area contributed by atoms with Crippen molar-refractivity contribution in [2.24, 2.45) is 5.73 Å². The van der Waals surface area contributed by atoms with Crippen molar-refractivity contribution in [2.75, 3.05) is 11.3 Å². The van der Waals surface area contributed by atoms with Gasteiger partial charge in [0.25, 0.3) is 5.91 Å². The van der Waals surface area contributed by atoms with E-state index in [2.05, 4.69) is 24.7 Å². The average molecular weight is 501 g/mol. The number of amides is 1. The molecular formula is C23H25FN6O4S. The molecule has 0 saturated heterocycles. The summed E-state index contributed by atoms with van der Waals surface area (Å²) >= 11 is 0. The molecule has 1 amide bonds. The molecule has 1 fully saturated rings. The molecule has 1 atom stereocenters. The lowest BCUT2D eigenvalue weighted by molar-refractivity contribution is 0.0996. The molecule has 4 rings (SSSR count). The molecule has 3 aromatic rings. The highest BCUT2D eigenvalue weighted by atomic mass is 32.2. The Balaban J connectivity index is 1.83. The van der Waals surface area contributed by atoms with E-state index >= 15 is 4.39 Å². The lowest BCUT2D eigenvalue weighted by Gasteiger charge is -2.21. The molecule has 1 saturated carbocycles. The van der Waals surface area contributed by atoms with E-state index in [1.165, 1.54) is 30.9 Å². The van der Waals surface area contributed by atoms with Crippen LogP contribution in [0.1, 0.15) is 60.6 Å². The Hall–Kier alpha value is -3.67. The van der Waals surface area contributed by atoms with Crippen molar-refractivity contribution >= 4 is 21.7 Å². The minimum atomic E-state index is -3.56. The monoisotopic (exact) mass is 500 g/mol. The normalized spacial score (nSPS) is 14.4. The van der Waals surface area contributed by atoms with Crippen molar-refractivity contribution in [1.82, 2.24) is 19.9 Å². The molecule has 0 bridgehead atoms. The van der Waals surface area contributed by atoms with Crippen LogP contribution in [-0.4, -0.2) is 46.1 Å². The smallest absolute Gasteiger partial charge is 0.251 e. The van der Waals surface area contributed by atoms with Crippen molar-refractivity contribution in [3.63, 3.8) is 0 Å². The van der Waals surface area contributed by atoms with Crippen molar-refractivity contribution in [3.05, 3.63) is 59.6 Å². The van der Waals surface area contributed by atoms with Crippen LogP contribution in [0.15, 0.2) is 36.9 Å². The Bertz CT molecular complexity index is 1360. The highest BCUT2D eigenvalue weighted by molar-refractivity contribution is 7.93. The second-order valence-electron chi connectivity index (χ2n) is 8.06. The summed E-state index contributed by atoms with van der Waals surface area (Å²) in [5, 5.41) is -0.442. The van der Waals surface area contributed by atoms with Gasteiger partial charge in [-0.15, -0.1) is 0 Å². The van der Waals surface area contributed by atoms with Crippen LogP contribution in [0.25, 0.3) is 11.3 Å². The predicted octanol–water partition coefficient (Wildman–Crippen LogP) is 3.02. The standard InChI is InChI=1S/C23H25FN6O4S/c1-3-14(17-9-26-11-19(28-17)30-35(32,33)13-5-6-13)21-15(7-8-16(22(21)24)23(25)31)18-10-27-12-20(29-18)34-4-2/h7-14H,3-6H2,1-2H3,(H2,25,31)(H,28,30). The fourth-order valence-electron chi connectivity index (χ4n) is 3.81. The first-order chi connectivity index (χ1) is 16.7. The number of benzene rings is 1. The number of anilines is 1. The Labute approximate surface area is 202 Å². The fourth-order valence-corrected chi connectivity index (χ4v) is 5.12. The second kappa shape index (κ2) is 9.90.